The maximum Gasteiger partial charge on any atom is 0.259 e. The number of hydrogen-bond donors (Lipinski definition) is 2. The maximum absolute atomic E-state index is 12.8. The van der Waals surface area contributed by atoms with Crippen LogP contribution in [0, 0.1) is 11.3 Å². The highest BCUT2D eigenvalue weighted by Crippen LogP contribution is 2.18. The van der Waals surface area contributed by atoms with Crippen molar-refractivity contribution in [2.45, 2.75) is 25.0 Å². The summed E-state index contributed by atoms with van der Waals surface area (Å²) in [7, 11) is 3.66. The molecule has 0 bridgehead atoms. The zero-order valence-electron chi connectivity index (χ0n) is 14.3. The fourth-order valence-electron chi connectivity index (χ4n) is 3.15. The molecule has 1 amide bonds. The van der Waals surface area contributed by atoms with Crippen LogP contribution < -0.4 is 11.1 Å². The average Bonchev–Trinajstić information content (AvgIpc) is 2.90. The number of nitrogens with zero attached hydrogens (tertiary/aromatic N) is 5. The lowest BCUT2D eigenvalue weighted by molar-refractivity contribution is 0.0189. The molecule has 3 heterocycles. The number of aromatic nitrogens is 3. The van der Waals surface area contributed by atoms with Gasteiger partial charge in [0.25, 0.3) is 5.91 Å². The molecule has 1 aliphatic rings. The minimum Gasteiger partial charge on any atom is -0.381 e. The van der Waals surface area contributed by atoms with Crippen molar-refractivity contribution in [3.63, 3.8) is 0 Å². The molecule has 0 spiro atoms. The van der Waals surface area contributed by atoms with E-state index in [4.69, 9.17) is 15.7 Å². The maximum atomic E-state index is 12.8. The Kier molecular flexibility index (Phi) is 4.83. The number of nitrogens with one attached hydrogen (secondary N) is 1. The first-order valence-electron chi connectivity index (χ1n) is 8.05. The van der Waals surface area contributed by atoms with Gasteiger partial charge in [-0.1, -0.05) is 0 Å². The van der Waals surface area contributed by atoms with Crippen LogP contribution in [0.4, 0.5) is 5.82 Å². The Morgan fingerprint density at radius 2 is 2.40 bits per heavy atom. The third kappa shape index (κ3) is 3.40. The number of hydrogen-bond acceptors (Lipinski definition) is 7. The molecule has 2 atom stereocenters. The quantitative estimate of drug-likeness (QED) is 0.790. The van der Waals surface area contributed by atoms with E-state index < -0.39 is 0 Å². The fourth-order valence-corrected chi connectivity index (χ4v) is 3.15. The van der Waals surface area contributed by atoms with Gasteiger partial charge >= 0.3 is 0 Å². The summed E-state index contributed by atoms with van der Waals surface area (Å²) >= 11 is 0. The van der Waals surface area contributed by atoms with E-state index in [0.29, 0.717) is 17.8 Å². The van der Waals surface area contributed by atoms with Crippen molar-refractivity contribution < 1.29 is 9.53 Å². The Morgan fingerprint density at radius 3 is 3.12 bits per heavy atom. The Balaban J connectivity index is 1.86. The Morgan fingerprint density at radius 1 is 1.60 bits per heavy atom. The Bertz CT molecular complexity index is 826. The summed E-state index contributed by atoms with van der Waals surface area (Å²) in [5.41, 5.74) is 7.26. The zero-order chi connectivity index (χ0) is 18.0. The number of nitriles is 1. The average molecular weight is 343 g/mol. The number of likely N-dealkylation sites (tertiary alicyclic amines) is 1. The van der Waals surface area contributed by atoms with E-state index in [0.717, 1.165) is 13.0 Å². The van der Waals surface area contributed by atoms with Gasteiger partial charge in [-0.15, -0.1) is 5.10 Å². The van der Waals surface area contributed by atoms with Gasteiger partial charge in [0, 0.05) is 38.2 Å². The number of rotatable bonds is 4. The van der Waals surface area contributed by atoms with Crippen LogP contribution >= 0.6 is 0 Å². The van der Waals surface area contributed by atoms with Crippen LogP contribution in [0.15, 0.2) is 12.4 Å². The van der Waals surface area contributed by atoms with Gasteiger partial charge in [0.2, 0.25) is 0 Å². The minimum absolute atomic E-state index is 0.0431. The van der Waals surface area contributed by atoms with Crippen LogP contribution in [0.2, 0.25) is 0 Å². The van der Waals surface area contributed by atoms with Crippen molar-refractivity contribution in [3.05, 3.63) is 23.5 Å². The Hall–Kier alpha value is -2.70. The molecule has 0 aliphatic carbocycles. The highest BCUT2D eigenvalue weighted by molar-refractivity contribution is 6.04. The molecule has 0 aromatic carbocycles. The number of ether oxygens (including phenoxy) is 1. The van der Waals surface area contributed by atoms with E-state index in [1.807, 2.05) is 7.05 Å². The van der Waals surface area contributed by atoms with E-state index >= 15 is 0 Å². The summed E-state index contributed by atoms with van der Waals surface area (Å²) in [6.45, 7) is 1.62. The largest absolute Gasteiger partial charge is 0.381 e. The molecule has 0 saturated carbocycles. The normalized spacial score (nSPS) is 21.2. The van der Waals surface area contributed by atoms with Crippen molar-refractivity contribution in [3.8, 4) is 6.07 Å². The van der Waals surface area contributed by atoms with Crippen molar-refractivity contribution in [1.82, 2.24) is 24.8 Å². The van der Waals surface area contributed by atoms with Gasteiger partial charge in [0.15, 0.2) is 11.5 Å². The first kappa shape index (κ1) is 17.1. The van der Waals surface area contributed by atoms with Crippen molar-refractivity contribution >= 4 is 17.4 Å². The van der Waals surface area contributed by atoms with Crippen LogP contribution in [0.3, 0.4) is 0 Å². The minimum atomic E-state index is -0.324. The Labute approximate surface area is 145 Å². The fraction of sp³-hybridized carbons (Fsp3) is 0.500. The molecule has 1 aliphatic heterocycles. The second-order valence-electron chi connectivity index (χ2n) is 6.23. The number of methoxy groups -OCH3 is 1. The second-order valence-corrected chi connectivity index (χ2v) is 6.23. The first-order chi connectivity index (χ1) is 12.0. The molecule has 3 N–H and O–H groups in total. The molecule has 9 nitrogen and oxygen atoms in total. The number of anilines is 1. The highest BCUT2D eigenvalue weighted by Gasteiger charge is 2.31. The molecule has 132 valence electrons. The van der Waals surface area contributed by atoms with Crippen LogP contribution in [0.25, 0.3) is 5.65 Å². The second kappa shape index (κ2) is 7.04. The molecule has 0 radical (unpaired) electrons. The van der Waals surface area contributed by atoms with Crippen LogP contribution in [0.5, 0.6) is 0 Å². The molecule has 2 aromatic heterocycles. The van der Waals surface area contributed by atoms with Crippen LogP contribution in [-0.2, 0) is 11.2 Å². The summed E-state index contributed by atoms with van der Waals surface area (Å²) < 4.78 is 6.93. The molecule has 1 saturated heterocycles. The SMILES string of the molecule is COC1CCN(C)CC1NC(=O)c1c(N)nn2cc(CC#N)cnc12. The van der Waals surface area contributed by atoms with E-state index in [9.17, 15) is 4.79 Å². The van der Waals surface area contributed by atoms with Crippen LogP contribution in [-0.4, -0.2) is 64.8 Å². The van der Waals surface area contributed by atoms with E-state index in [-0.39, 0.29) is 35.9 Å². The number of nitrogen functional groups attached to an aromatic ring is 1. The van der Waals surface area contributed by atoms with Gasteiger partial charge in [0.1, 0.15) is 5.56 Å². The number of piperidine rings is 1. The summed E-state index contributed by atoms with van der Waals surface area (Å²) in [4.78, 5) is 19.2. The molecule has 2 unspecified atom stereocenters. The van der Waals surface area contributed by atoms with Gasteiger partial charge in [-0.2, -0.15) is 5.26 Å². The van der Waals surface area contributed by atoms with E-state index in [2.05, 4.69) is 26.4 Å². The summed E-state index contributed by atoms with van der Waals surface area (Å²) in [6, 6.07) is 1.92. The van der Waals surface area contributed by atoms with Crippen molar-refractivity contribution in [1.29, 1.82) is 5.26 Å². The lowest BCUT2D eigenvalue weighted by Crippen LogP contribution is -2.54. The van der Waals surface area contributed by atoms with E-state index in [1.54, 1.807) is 19.5 Å². The van der Waals surface area contributed by atoms with Gasteiger partial charge in [0.05, 0.1) is 24.6 Å². The topological polar surface area (TPSA) is 122 Å². The smallest absolute Gasteiger partial charge is 0.259 e. The lowest BCUT2D eigenvalue weighted by atomic mass is 10.0. The number of likely N-dealkylation sites (N-methyl/N-ethyl adjacent to an activating group) is 1. The summed E-state index contributed by atoms with van der Waals surface area (Å²) in [5, 5.41) is 15.9. The molecular formula is C16H21N7O2. The first-order valence-corrected chi connectivity index (χ1v) is 8.05. The monoisotopic (exact) mass is 343 g/mol. The molecule has 9 heteroatoms. The molecular weight excluding hydrogens is 322 g/mol. The van der Waals surface area contributed by atoms with Gasteiger partial charge in [-0.25, -0.2) is 9.50 Å². The van der Waals surface area contributed by atoms with Gasteiger partial charge < -0.3 is 20.7 Å². The zero-order valence-corrected chi connectivity index (χ0v) is 14.3. The highest BCUT2D eigenvalue weighted by atomic mass is 16.5. The number of carbonyl (C=O) groups excluding carboxylic acids is 1. The molecule has 25 heavy (non-hydrogen) atoms. The summed E-state index contributed by atoms with van der Waals surface area (Å²) in [6.07, 6.45) is 4.23. The van der Waals surface area contributed by atoms with Gasteiger partial charge in [-0.05, 0) is 13.5 Å². The standard InChI is InChI=1S/C16H21N7O2/c1-22-6-4-12(25-2)11(9-22)20-16(24)13-14(18)21-23-8-10(3-5-17)7-19-15(13)23/h7-8,11-12H,3-4,6,9H2,1-2H3,(H2,18,21)(H,20,24). The predicted molar refractivity (Wildman–Crippen MR) is 90.9 cm³/mol. The molecule has 3 rings (SSSR count). The number of amides is 1. The number of carbonyl (C=O) groups is 1. The predicted octanol–water partition coefficient (Wildman–Crippen LogP) is -0.174. The number of fused-ring (bicyclic) bond motifs is 1. The molecule has 1 fully saturated rings. The van der Waals surface area contributed by atoms with Crippen LogP contribution in [0.1, 0.15) is 22.3 Å². The third-order valence-corrected chi connectivity index (χ3v) is 4.43. The van der Waals surface area contributed by atoms with Crippen molar-refractivity contribution in [2.24, 2.45) is 0 Å². The number of nitrogens with two attached hydrogens (primary N) is 1. The third-order valence-electron chi connectivity index (χ3n) is 4.43. The van der Waals surface area contributed by atoms with Gasteiger partial charge in [-0.3, -0.25) is 4.79 Å². The lowest BCUT2D eigenvalue weighted by Gasteiger charge is -2.36. The van der Waals surface area contributed by atoms with Crippen molar-refractivity contribution in [2.75, 3.05) is 33.0 Å². The molecule has 2 aromatic rings. The summed E-state index contributed by atoms with van der Waals surface area (Å²) in [5.74, 6) is -0.215. The van der Waals surface area contributed by atoms with E-state index in [1.165, 1.54) is 4.52 Å².